The third-order valence-electron chi connectivity index (χ3n) is 4.62. The molecule has 0 radical (unpaired) electrons. The van der Waals surface area contributed by atoms with Crippen LogP contribution in [0, 0.1) is 5.41 Å². The van der Waals surface area contributed by atoms with E-state index in [1.54, 1.807) is 0 Å². The Morgan fingerprint density at radius 1 is 1.19 bits per heavy atom. The van der Waals surface area contributed by atoms with Crippen molar-refractivity contribution < 1.29 is 9.53 Å². The highest BCUT2D eigenvalue weighted by molar-refractivity contribution is 7.99. The van der Waals surface area contributed by atoms with Crippen LogP contribution in [0.5, 0.6) is 0 Å². The first-order valence-corrected chi connectivity index (χ1v) is 9.66. The van der Waals surface area contributed by atoms with Gasteiger partial charge >= 0.3 is 5.97 Å². The van der Waals surface area contributed by atoms with Gasteiger partial charge in [0, 0.05) is 11.8 Å². The molecule has 3 nitrogen and oxygen atoms in total. The van der Waals surface area contributed by atoms with Crippen LogP contribution in [0.4, 0.5) is 0 Å². The number of hydrogen-bond acceptors (Lipinski definition) is 4. The van der Waals surface area contributed by atoms with Crippen molar-refractivity contribution in [3.8, 4) is 0 Å². The molecule has 2 fully saturated rings. The fraction of sp³-hybridized carbons (Fsp3) is 0.941. The zero-order valence-corrected chi connectivity index (χ0v) is 14.7. The molecule has 1 unspecified atom stereocenters. The minimum atomic E-state index is -0.475. The maximum atomic E-state index is 12.7. The van der Waals surface area contributed by atoms with E-state index in [4.69, 9.17) is 4.74 Å². The highest BCUT2D eigenvalue weighted by atomic mass is 32.2. The van der Waals surface area contributed by atoms with Crippen molar-refractivity contribution >= 4 is 17.7 Å². The monoisotopic (exact) mass is 313 g/mol. The summed E-state index contributed by atoms with van der Waals surface area (Å²) < 4.78 is 5.44. The smallest absolute Gasteiger partial charge is 0.327 e. The molecular formula is C17H31NO2S. The minimum absolute atomic E-state index is 0.0329. The minimum Gasteiger partial charge on any atom is -0.465 e. The summed E-state index contributed by atoms with van der Waals surface area (Å²) in [5.74, 6) is 1.95. The highest BCUT2D eigenvalue weighted by Gasteiger charge is 2.48. The Hall–Kier alpha value is -0.220. The van der Waals surface area contributed by atoms with Crippen molar-refractivity contribution in [3.05, 3.63) is 0 Å². The van der Waals surface area contributed by atoms with Crippen LogP contribution in [0.1, 0.15) is 65.7 Å². The lowest BCUT2D eigenvalue weighted by atomic mass is 9.79. The second-order valence-electron chi connectivity index (χ2n) is 7.47. The van der Waals surface area contributed by atoms with Gasteiger partial charge in [0.2, 0.25) is 0 Å². The van der Waals surface area contributed by atoms with Crippen LogP contribution in [-0.2, 0) is 9.53 Å². The molecule has 1 aliphatic heterocycles. The van der Waals surface area contributed by atoms with Crippen LogP contribution >= 0.6 is 11.8 Å². The quantitative estimate of drug-likeness (QED) is 0.633. The van der Waals surface area contributed by atoms with Crippen LogP contribution in [0.2, 0.25) is 0 Å². The Labute approximate surface area is 134 Å². The van der Waals surface area contributed by atoms with Gasteiger partial charge in [-0.3, -0.25) is 10.1 Å². The average Bonchev–Trinajstić information content (AvgIpc) is 2.66. The standard InChI is InChI=1S/C17H31NO2S/c1-4-20-15(19)17(11-16(2,3)12-21-13-17)18-14-9-7-5-6-8-10-14/h14,18H,4-13H2,1-3H3. The maximum absolute atomic E-state index is 12.7. The zero-order valence-electron chi connectivity index (χ0n) is 13.9. The largest absolute Gasteiger partial charge is 0.465 e. The van der Waals surface area contributed by atoms with Crippen LogP contribution in [-0.4, -0.2) is 35.7 Å². The Balaban J connectivity index is 2.12. The van der Waals surface area contributed by atoms with Gasteiger partial charge in [-0.15, -0.1) is 0 Å². The Kier molecular flexibility index (Phi) is 6.01. The van der Waals surface area contributed by atoms with E-state index in [9.17, 15) is 4.79 Å². The molecule has 1 heterocycles. The fourth-order valence-corrected chi connectivity index (χ4v) is 5.20. The number of thioether (sulfide) groups is 1. The summed E-state index contributed by atoms with van der Waals surface area (Å²) in [7, 11) is 0. The van der Waals surface area contributed by atoms with E-state index in [1.807, 2.05) is 18.7 Å². The van der Waals surface area contributed by atoms with E-state index in [0.717, 1.165) is 17.9 Å². The van der Waals surface area contributed by atoms with Gasteiger partial charge in [0.05, 0.1) is 6.61 Å². The molecule has 122 valence electrons. The number of hydrogen-bond donors (Lipinski definition) is 1. The molecule has 21 heavy (non-hydrogen) atoms. The number of rotatable bonds is 4. The third kappa shape index (κ3) is 4.62. The molecule has 0 bridgehead atoms. The van der Waals surface area contributed by atoms with Gasteiger partial charge in [-0.1, -0.05) is 39.5 Å². The predicted octanol–water partition coefficient (Wildman–Crippen LogP) is 3.76. The summed E-state index contributed by atoms with van der Waals surface area (Å²) >= 11 is 1.89. The number of carbonyl (C=O) groups excluding carboxylic acids is 1. The molecule has 2 aliphatic rings. The summed E-state index contributed by atoms with van der Waals surface area (Å²) in [6.07, 6.45) is 8.54. The van der Waals surface area contributed by atoms with Gasteiger partial charge in [-0.05, 0) is 37.4 Å². The number of ether oxygens (including phenoxy) is 1. The normalized spacial score (nSPS) is 30.6. The molecule has 4 heteroatoms. The summed E-state index contributed by atoms with van der Waals surface area (Å²) in [6.45, 7) is 6.90. The zero-order chi connectivity index (χ0) is 15.3. The van der Waals surface area contributed by atoms with Crippen molar-refractivity contribution in [2.75, 3.05) is 18.1 Å². The number of carbonyl (C=O) groups is 1. The van der Waals surface area contributed by atoms with Gasteiger partial charge in [0.25, 0.3) is 0 Å². The molecule has 2 rings (SSSR count). The highest BCUT2D eigenvalue weighted by Crippen LogP contribution is 2.40. The van der Waals surface area contributed by atoms with Gasteiger partial charge < -0.3 is 4.74 Å². The molecule has 0 aromatic carbocycles. The summed E-state index contributed by atoms with van der Waals surface area (Å²) in [6, 6.07) is 0.478. The SMILES string of the molecule is CCOC(=O)C1(NC2CCCCCC2)CSCC(C)(C)C1. The Morgan fingerprint density at radius 2 is 1.86 bits per heavy atom. The van der Waals surface area contributed by atoms with Gasteiger partial charge in [-0.2, -0.15) is 11.8 Å². The lowest BCUT2D eigenvalue weighted by Gasteiger charge is -2.44. The molecule has 1 saturated carbocycles. The van der Waals surface area contributed by atoms with E-state index >= 15 is 0 Å². The van der Waals surface area contributed by atoms with E-state index in [2.05, 4.69) is 19.2 Å². The predicted molar refractivity (Wildman–Crippen MR) is 89.7 cm³/mol. The van der Waals surface area contributed by atoms with E-state index in [1.165, 1.54) is 38.5 Å². The number of esters is 1. The fourth-order valence-electron chi connectivity index (χ4n) is 3.79. The lowest BCUT2D eigenvalue weighted by molar-refractivity contribution is -0.152. The molecule has 0 spiro atoms. The van der Waals surface area contributed by atoms with Crippen LogP contribution in [0.3, 0.4) is 0 Å². The van der Waals surface area contributed by atoms with Crippen LogP contribution < -0.4 is 5.32 Å². The molecular weight excluding hydrogens is 282 g/mol. The first kappa shape index (κ1) is 17.1. The van der Waals surface area contributed by atoms with Crippen molar-refractivity contribution in [2.45, 2.75) is 77.3 Å². The lowest BCUT2D eigenvalue weighted by Crippen LogP contribution is -2.62. The van der Waals surface area contributed by atoms with Gasteiger partial charge in [0.15, 0.2) is 0 Å². The van der Waals surface area contributed by atoms with Crippen LogP contribution in [0.25, 0.3) is 0 Å². The Bertz CT molecular complexity index is 351. The average molecular weight is 314 g/mol. The molecule has 0 aromatic rings. The second-order valence-corrected chi connectivity index (χ2v) is 8.45. The summed E-state index contributed by atoms with van der Waals surface area (Å²) in [5.41, 5.74) is -0.287. The molecule has 1 N–H and O–H groups in total. The number of nitrogens with one attached hydrogen (secondary N) is 1. The first-order valence-electron chi connectivity index (χ1n) is 8.50. The molecule has 1 atom stereocenters. The summed E-state index contributed by atoms with van der Waals surface area (Å²) in [4.78, 5) is 12.7. The van der Waals surface area contributed by atoms with Crippen molar-refractivity contribution in [1.29, 1.82) is 0 Å². The van der Waals surface area contributed by atoms with E-state index < -0.39 is 5.54 Å². The van der Waals surface area contributed by atoms with Crippen molar-refractivity contribution in [3.63, 3.8) is 0 Å². The summed E-state index contributed by atoms with van der Waals surface area (Å²) in [5, 5.41) is 3.76. The molecule has 0 aromatic heterocycles. The van der Waals surface area contributed by atoms with Crippen LogP contribution in [0.15, 0.2) is 0 Å². The first-order chi connectivity index (χ1) is 9.97. The third-order valence-corrected chi connectivity index (χ3v) is 6.31. The van der Waals surface area contributed by atoms with Gasteiger partial charge in [-0.25, -0.2) is 0 Å². The molecule has 1 aliphatic carbocycles. The van der Waals surface area contributed by atoms with E-state index in [-0.39, 0.29) is 11.4 Å². The Morgan fingerprint density at radius 3 is 2.43 bits per heavy atom. The second kappa shape index (κ2) is 7.36. The topological polar surface area (TPSA) is 38.3 Å². The molecule has 1 saturated heterocycles. The van der Waals surface area contributed by atoms with Crippen molar-refractivity contribution in [1.82, 2.24) is 5.32 Å². The van der Waals surface area contributed by atoms with E-state index in [0.29, 0.717) is 12.6 Å². The molecule has 0 amide bonds. The maximum Gasteiger partial charge on any atom is 0.327 e. The van der Waals surface area contributed by atoms with Gasteiger partial charge in [0.1, 0.15) is 5.54 Å². The van der Waals surface area contributed by atoms with Crippen molar-refractivity contribution in [2.24, 2.45) is 5.41 Å².